The Morgan fingerprint density at radius 1 is 1.23 bits per heavy atom. The number of non-ortho nitro benzene ring substituents is 1. The summed E-state index contributed by atoms with van der Waals surface area (Å²) in [5.41, 5.74) is -0.320. The lowest BCUT2D eigenvalue weighted by molar-refractivity contribution is -0.384. The number of benzene rings is 1. The maximum absolute atomic E-state index is 12.0. The van der Waals surface area contributed by atoms with Crippen LogP contribution in [0.25, 0.3) is 0 Å². The number of carbonyl (C=O) groups is 2. The highest BCUT2D eigenvalue weighted by Crippen LogP contribution is 2.16. The third-order valence-corrected chi connectivity index (χ3v) is 4.09. The summed E-state index contributed by atoms with van der Waals surface area (Å²) in [5.74, 6) is -2.78. The van der Waals surface area contributed by atoms with Gasteiger partial charge >= 0.3 is 11.9 Å². The summed E-state index contributed by atoms with van der Waals surface area (Å²) < 4.78 is 25.8. The Balaban J connectivity index is 2.94. The molecule has 0 fully saturated rings. The van der Waals surface area contributed by atoms with Gasteiger partial charge in [-0.15, -0.1) is 0 Å². The molecule has 0 bridgehead atoms. The fraction of sp³-hybridized carbons (Fsp3) is 0.273. The van der Waals surface area contributed by atoms with Crippen LogP contribution < -0.4 is 4.72 Å². The first-order valence-corrected chi connectivity index (χ1v) is 7.33. The van der Waals surface area contributed by atoms with Gasteiger partial charge in [-0.1, -0.05) is 0 Å². The fourth-order valence-corrected chi connectivity index (χ4v) is 2.73. The topological polar surface area (TPSA) is 164 Å². The number of nitro benzene ring substituents is 1. The standard InChI is InChI=1S/C11H12N2O8S/c14-10(15)6-5-9(11(16)17)12-22(20,21)8-3-1-7(2-4-8)13(18)19/h1-4,9,12H,5-6H2,(H,14,15)(H,16,17)/t9-/m0/s1. The number of carboxylic acid groups (broad SMARTS) is 2. The van der Waals surface area contributed by atoms with Gasteiger partial charge in [0.1, 0.15) is 6.04 Å². The molecule has 3 N–H and O–H groups in total. The number of aliphatic carboxylic acids is 2. The lowest BCUT2D eigenvalue weighted by atomic mass is 10.2. The zero-order valence-electron chi connectivity index (χ0n) is 11.0. The second-order valence-corrected chi connectivity index (χ2v) is 5.91. The molecule has 0 radical (unpaired) electrons. The van der Waals surface area contributed by atoms with Crippen LogP contribution >= 0.6 is 0 Å². The molecule has 22 heavy (non-hydrogen) atoms. The minimum absolute atomic E-state index is 0.320. The lowest BCUT2D eigenvalue weighted by Crippen LogP contribution is -2.41. The molecule has 0 unspecified atom stereocenters. The summed E-state index contributed by atoms with van der Waals surface area (Å²) in [5, 5.41) is 27.9. The molecule has 11 heteroatoms. The van der Waals surface area contributed by atoms with E-state index in [0.29, 0.717) is 0 Å². The molecule has 1 aromatic carbocycles. The molecule has 1 aromatic rings. The summed E-state index contributed by atoms with van der Waals surface area (Å²) in [4.78, 5) is 30.8. The number of hydrogen-bond donors (Lipinski definition) is 3. The van der Waals surface area contributed by atoms with E-state index < -0.39 is 45.8 Å². The summed E-state index contributed by atoms with van der Waals surface area (Å²) in [6.07, 6.45) is -0.962. The molecule has 1 rings (SSSR count). The molecule has 120 valence electrons. The van der Waals surface area contributed by atoms with Crippen molar-refractivity contribution >= 4 is 27.6 Å². The highest BCUT2D eigenvalue weighted by molar-refractivity contribution is 7.89. The first-order valence-electron chi connectivity index (χ1n) is 5.85. The number of nitro groups is 1. The molecular formula is C11H12N2O8S. The van der Waals surface area contributed by atoms with Crippen molar-refractivity contribution in [3.05, 3.63) is 34.4 Å². The van der Waals surface area contributed by atoms with E-state index in [0.717, 1.165) is 24.3 Å². The van der Waals surface area contributed by atoms with Gasteiger partial charge in [0.15, 0.2) is 0 Å². The van der Waals surface area contributed by atoms with Crippen LogP contribution in [0.4, 0.5) is 5.69 Å². The molecule has 0 amide bonds. The van der Waals surface area contributed by atoms with Crippen molar-refractivity contribution in [3.63, 3.8) is 0 Å². The number of sulfonamides is 1. The average molecular weight is 332 g/mol. The van der Waals surface area contributed by atoms with Crippen LogP contribution in [0.1, 0.15) is 12.8 Å². The zero-order chi connectivity index (χ0) is 16.9. The summed E-state index contributed by atoms with van der Waals surface area (Å²) in [7, 11) is -4.24. The van der Waals surface area contributed by atoms with Crippen molar-refractivity contribution in [2.75, 3.05) is 0 Å². The van der Waals surface area contributed by atoms with Gasteiger partial charge in [0, 0.05) is 18.6 Å². The molecule has 0 spiro atoms. The van der Waals surface area contributed by atoms with Crippen LogP contribution in [0, 0.1) is 10.1 Å². The van der Waals surface area contributed by atoms with Gasteiger partial charge < -0.3 is 10.2 Å². The van der Waals surface area contributed by atoms with Gasteiger partial charge in [0.25, 0.3) is 5.69 Å². The molecule has 0 heterocycles. The maximum atomic E-state index is 12.0. The third kappa shape index (κ3) is 4.79. The van der Waals surface area contributed by atoms with E-state index in [2.05, 4.69) is 0 Å². The minimum Gasteiger partial charge on any atom is -0.481 e. The van der Waals surface area contributed by atoms with Gasteiger partial charge in [0.05, 0.1) is 9.82 Å². The van der Waals surface area contributed by atoms with E-state index in [1.54, 1.807) is 0 Å². The molecule has 0 aliphatic heterocycles. The smallest absolute Gasteiger partial charge is 0.321 e. The Labute approximate surface area is 124 Å². The van der Waals surface area contributed by atoms with E-state index in [1.807, 2.05) is 4.72 Å². The van der Waals surface area contributed by atoms with Gasteiger partial charge in [-0.25, -0.2) is 8.42 Å². The van der Waals surface area contributed by atoms with Crippen LogP contribution in [-0.2, 0) is 19.6 Å². The first kappa shape index (κ1) is 17.5. The fourth-order valence-electron chi connectivity index (χ4n) is 1.50. The summed E-state index contributed by atoms with van der Waals surface area (Å²) >= 11 is 0. The third-order valence-electron chi connectivity index (χ3n) is 2.60. The number of carboxylic acids is 2. The summed E-state index contributed by atoms with van der Waals surface area (Å²) in [6, 6.07) is 2.22. The van der Waals surface area contributed by atoms with E-state index in [1.165, 1.54) is 0 Å². The predicted molar refractivity (Wildman–Crippen MR) is 71.7 cm³/mol. The highest BCUT2D eigenvalue weighted by atomic mass is 32.2. The summed E-state index contributed by atoms with van der Waals surface area (Å²) in [6.45, 7) is 0. The van der Waals surface area contributed by atoms with Gasteiger partial charge in [-0.2, -0.15) is 4.72 Å². The van der Waals surface area contributed by atoms with Crippen molar-refractivity contribution in [1.82, 2.24) is 4.72 Å². The molecule has 0 saturated heterocycles. The SMILES string of the molecule is O=C(O)CC[C@H](NS(=O)(=O)c1ccc([N+](=O)[O-])cc1)C(=O)O. The van der Waals surface area contributed by atoms with E-state index in [9.17, 15) is 28.1 Å². The van der Waals surface area contributed by atoms with Crippen molar-refractivity contribution in [2.24, 2.45) is 0 Å². The lowest BCUT2D eigenvalue weighted by Gasteiger charge is -2.13. The van der Waals surface area contributed by atoms with Crippen molar-refractivity contribution in [2.45, 2.75) is 23.8 Å². The average Bonchev–Trinajstić information content (AvgIpc) is 2.43. The molecule has 0 saturated carbocycles. The Morgan fingerprint density at radius 2 is 1.77 bits per heavy atom. The quantitative estimate of drug-likeness (QED) is 0.448. The second-order valence-electron chi connectivity index (χ2n) is 4.20. The Morgan fingerprint density at radius 3 is 2.18 bits per heavy atom. The van der Waals surface area contributed by atoms with Crippen LogP contribution in [0.2, 0.25) is 0 Å². The van der Waals surface area contributed by atoms with Crippen LogP contribution in [-0.4, -0.2) is 41.5 Å². The van der Waals surface area contributed by atoms with Crippen LogP contribution in [0.15, 0.2) is 29.2 Å². The Hall–Kier alpha value is -2.53. The second kappa shape index (κ2) is 6.95. The Bertz CT molecular complexity index is 683. The van der Waals surface area contributed by atoms with Crippen molar-refractivity contribution in [1.29, 1.82) is 0 Å². The normalized spacial score (nSPS) is 12.5. The van der Waals surface area contributed by atoms with E-state index >= 15 is 0 Å². The zero-order valence-corrected chi connectivity index (χ0v) is 11.8. The molecule has 10 nitrogen and oxygen atoms in total. The number of hydrogen-bond acceptors (Lipinski definition) is 6. The van der Waals surface area contributed by atoms with E-state index in [4.69, 9.17) is 10.2 Å². The molecular weight excluding hydrogens is 320 g/mol. The van der Waals surface area contributed by atoms with Crippen LogP contribution in [0.5, 0.6) is 0 Å². The Kier molecular flexibility index (Phi) is 5.54. The van der Waals surface area contributed by atoms with Crippen LogP contribution in [0.3, 0.4) is 0 Å². The maximum Gasteiger partial charge on any atom is 0.321 e. The minimum atomic E-state index is -4.24. The highest BCUT2D eigenvalue weighted by Gasteiger charge is 2.26. The van der Waals surface area contributed by atoms with Crippen molar-refractivity contribution in [3.8, 4) is 0 Å². The number of rotatable bonds is 8. The molecule has 0 aliphatic carbocycles. The number of nitrogens with one attached hydrogen (secondary N) is 1. The first-order chi connectivity index (χ1) is 10.1. The monoisotopic (exact) mass is 332 g/mol. The van der Waals surface area contributed by atoms with Gasteiger partial charge in [0.2, 0.25) is 10.0 Å². The van der Waals surface area contributed by atoms with E-state index in [-0.39, 0.29) is 10.6 Å². The van der Waals surface area contributed by atoms with Gasteiger partial charge in [-0.05, 0) is 18.6 Å². The molecule has 0 aliphatic rings. The van der Waals surface area contributed by atoms with Crippen molar-refractivity contribution < 1.29 is 33.1 Å². The molecule has 1 atom stereocenters. The molecule has 0 aromatic heterocycles. The largest absolute Gasteiger partial charge is 0.481 e. The van der Waals surface area contributed by atoms with Gasteiger partial charge in [-0.3, -0.25) is 19.7 Å². The predicted octanol–water partition coefficient (Wildman–Crippen LogP) is 0.191. The number of nitrogens with zero attached hydrogens (tertiary/aromatic N) is 1.